The summed E-state index contributed by atoms with van der Waals surface area (Å²) in [5.41, 5.74) is 4.45. The van der Waals surface area contributed by atoms with Crippen LogP contribution in [0.3, 0.4) is 0 Å². The van der Waals surface area contributed by atoms with Crippen LogP contribution in [0, 0.1) is 13.8 Å². The Morgan fingerprint density at radius 2 is 1.92 bits per heavy atom. The number of aryl methyl sites for hydroxylation is 2. The molecule has 3 aromatic heterocycles. The second-order valence-corrected chi connectivity index (χ2v) is 7.85. The maximum atomic E-state index is 5.37. The molecule has 0 spiro atoms. The first-order chi connectivity index (χ1) is 12.6. The summed E-state index contributed by atoms with van der Waals surface area (Å²) in [5.74, 6) is 2.43. The Morgan fingerprint density at radius 3 is 2.65 bits per heavy atom. The van der Waals surface area contributed by atoms with Crippen molar-refractivity contribution in [3.05, 3.63) is 59.0 Å². The summed E-state index contributed by atoms with van der Waals surface area (Å²) in [6.45, 7) is 4.02. The molecule has 0 aliphatic rings. The van der Waals surface area contributed by atoms with E-state index in [1.807, 2.05) is 24.6 Å². The zero-order valence-electron chi connectivity index (χ0n) is 14.8. The number of thioether (sulfide) groups is 1. The summed E-state index contributed by atoms with van der Waals surface area (Å²) in [7, 11) is 1.98. The lowest BCUT2D eigenvalue weighted by atomic mass is 10.2. The van der Waals surface area contributed by atoms with Crippen molar-refractivity contribution in [2.75, 3.05) is 0 Å². The van der Waals surface area contributed by atoms with Gasteiger partial charge in [-0.2, -0.15) is 0 Å². The van der Waals surface area contributed by atoms with E-state index in [1.165, 1.54) is 5.56 Å². The Balaban J connectivity index is 1.48. The van der Waals surface area contributed by atoms with Gasteiger partial charge in [-0.1, -0.05) is 41.6 Å². The quantitative estimate of drug-likeness (QED) is 0.449. The molecule has 3 heterocycles. The van der Waals surface area contributed by atoms with E-state index in [9.17, 15) is 0 Å². The predicted octanol–water partition coefficient (Wildman–Crippen LogP) is 5.11. The fraction of sp³-hybridized carbons (Fsp3) is 0.211. The molecule has 0 N–H and O–H groups in total. The Hall–Kier alpha value is -2.38. The minimum atomic E-state index is 0.763. The molecular weight excluding hydrogens is 364 g/mol. The predicted molar refractivity (Wildman–Crippen MR) is 105 cm³/mol. The number of hydrogen-bond donors (Lipinski definition) is 0. The van der Waals surface area contributed by atoms with Crippen molar-refractivity contribution in [1.29, 1.82) is 0 Å². The van der Waals surface area contributed by atoms with Crippen LogP contribution < -0.4 is 0 Å². The molecule has 5 nitrogen and oxygen atoms in total. The third-order valence-electron chi connectivity index (χ3n) is 4.13. The Morgan fingerprint density at radius 1 is 1.12 bits per heavy atom. The molecule has 4 aromatic rings. The van der Waals surface area contributed by atoms with Crippen LogP contribution in [0.2, 0.25) is 0 Å². The van der Waals surface area contributed by atoms with Crippen molar-refractivity contribution in [3.63, 3.8) is 0 Å². The number of hydrogen-bond acceptors (Lipinski definition) is 6. The minimum Gasteiger partial charge on any atom is -0.469 e. The molecule has 0 saturated carbocycles. The number of benzene rings is 1. The fourth-order valence-electron chi connectivity index (χ4n) is 2.63. The first-order valence-corrected chi connectivity index (χ1v) is 10.1. The molecule has 26 heavy (non-hydrogen) atoms. The number of rotatable bonds is 5. The zero-order chi connectivity index (χ0) is 18.1. The van der Waals surface area contributed by atoms with Gasteiger partial charge < -0.3 is 8.98 Å². The van der Waals surface area contributed by atoms with Crippen molar-refractivity contribution < 1.29 is 4.42 Å². The molecule has 132 valence electrons. The van der Waals surface area contributed by atoms with Gasteiger partial charge >= 0.3 is 0 Å². The van der Waals surface area contributed by atoms with Crippen LogP contribution in [-0.4, -0.2) is 19.7 Å². The van der Waals surface area contributed by atoms with Crippen LogP contribution >= 0.6 is 23.1 Å². The van der Waals surface area contributed by atoms with Crippen molar-refractivity contribution in [2.45, 2.75) is 24.8 Å². The van der Waals surface area contributed by atoms with Gasteiger partial charge in [0, 0.05) is 23.7 Å². The van der Waals surface area contributed by atoms with E-state index < -0.39 is 0 Å². The number of nitrogens with zero attached hydrogens (tertiary/aromatic N) is 4. The molecule has 0 amide bonds. The van der Waals surface area contributed by atoms with Crippen molar-refractivity contribution in [1.82, 2.24) is 19.7 Å². The van der Waals surface area contributed by atoms with E-state index >= 15 is 0 Å². The van der Waals surface area contributed by atoms with Gasteiger partial charge in [-0.15, -0.1) is 21.5 Å². The SMILES string of the molecule is Cc1ccc(-c2nc(CSc3nnc(-c4ccoc4C)n3C)cs2)cc1. The number of thiazole rings is 1. The summed E-state index contributed by atoms with van der Waals surface area (Å²) in [6, 6.07) is 10.4. The average molecular weight is 383 g/mol. The van der Waals surface area contributed by atoms with Crippen LogP contribution in [0.4, 0.5) is 0 Å². The molecule has 0 atom stereocenters. The molecule has 4 rings (SSSR count). The number of aromatic nitrogens is 4. The summed E-state index contributed by atoms with van der Waals surface area (Å²) in [6.07, 6.45) is 1.67. The van der Waals surface area contributed by atoms with Crippen LogP contribution in [-0.2, 0) is 12.8 Å². The van der Waals surface area contributed by atoms with E-state index in [1.54, 1.807) is 29.4 Å². The maximum absolute atomic E-state index is 5.37. The van der Waals surface area contributed by atoms with E-state index in [0.717, 1.165) is 44.3 Å². The molecule has 0 aliphatic carbocycles. The van der Waals surface area contributed by atoms with Crippen LogP contribution in [0.15, 0.2) is 51.5 Å². The Bertz CT molecular complexity index is 1030. The highest BCUT2D eigenvalue weighted by molar-refractivity contribution is 7.98. The van der Waals surface area contributed by atoms with Crippen LogP contribution in [0.25, 0.3) is 22.0 Å². The molecule has 0 fully saturated rings. The molecule has 0 saturated heterocycles. The molecular formula is C19H18N4OS2. The van der Waals surface area contributed by atoms with Crippen LogP contribution in [0.1, 0.15) is 17.0 Å². The van der Waals surface area contributed by atoms with Gasteiger partial charge in [-0.25, -0.2) is 4.98 Å². The molecule has 1 aromatic carbocycles. The van der Waals surface area contributed by atoms with E-state index in [4.69, 9.17) is 9.40 Å². The van der Waals surface area contributed by atoms with Crippen molar-refractivity contribution in [3.8, 4) is 22.0 Å². The van der Waals surface area contributed by atoms with E-state index in [2.05, 4.69) is 46.8 Å². The smallest absolute Gasteiger partial charge is 0.191 e. The third kappa shape index (κ3) is 3.32. The standard InChI is InChI=1S/C19H18N4OS2/c1-12-4-6-14(7-5-12)18-20-15(10-25-18)11-26-19-22-21-17(23(19)3)16-8-9-24-13(16)2/h4-10H,11H2,1-3H3. The highest BCUT2D eigenvalue weighted by Crippen LogP contribution is 2.29. The molecule has 7 heteroatoms. The normalized spacial score (nSPS) is 11.2. The molecule has 0 bridgehead atoms. The summed E-state index contributed by atoms with van der Waals surface area (Å²) in [5, 5.41) is 12.6. The lowest BCUT2D eigenvalue weighted by Gasteiger charge is -2.02. The van der Waals surface area contributed by atoms with Crippen molar-refractivity contribution >= 4 is 23.1 Å². The monoisotopic (exact) mass is 382 g/mol. The van der Waals surface area contributed by atoms with Gasteiger partial charge in [0.1, 0.15) is 10.8 Å². The minimum absolute atomic E-state index is 0.763. The lowest BCUT2D eigenvalue weighted by molar-refractivity contribution is 0.534. The van der Waals surface area contributed by atoms with Gasteiger partial charge in [0.2, 0.25) is 0 Å². The first-order valence-electron chi connectivity index (χ1n) is 8.20. The fourth-order valence-corrected chi connectivity index (χ4v) is 4.37. The van der Waals surface area contributed by atoms with Gasteiger partial charge in [-0.05, 0) is 19.9 Å². The van der Waals surface area contributed by atoms with Gasteiger partial charge in [0.15, 0.2) is 11.0 Å². The topological polar surface area (TPSA) is 56.7 Å². The summed E-state index contributed by atoms with van der Waals surface area (Å²) >= 11 is 3.31. The highest BCUT2D eigenvalue weighted by Gasteiger charge is 2.15. The van der Waals surface area contributed by atoms with Crippen molar-refractivity contribution in [2.24, 2.45) is 7.05 Å². The highest BCUT2D eigenvalue weighted by atomic mass is 32.2. The Kier molecular flexibility index (Phi) is 4.65. The molecule has 0 unspecified atom stereocenters. The van der Waals surface area contributed by atoms with Crippen LogP contribution in [0.5, 0.6) is 0 Å². The second-order valence-electron chi connectivity index (χ2n) is 6.05. The Labute approximate surface area is 160 Å². The largest absolute Gasteiger partial charge is 0.469 e. The van der Waals surface area contributed by atoms with E-state index in [-0.39, 0.29) is 0 Å². The summed E-state index contributed by atoms with van der Waals surface area (Å²) in [4.78, 5) is 4.75. The second kappa shape index (κ2) is 7.09. The van der Waals surface area contributed by atoms with Gasteiger partial charge in [0.25, 0.3) is 0 Å². The van der Waals surface area contributed by atoms with Gasteiger partial charge in [0.05, 0.1) is 17.5 Å². The first kappa shape index (κ1) is 17.1. The van der Waals surface area contributed by atoms with Gasteiger partial charge in [-0.3, -0.25) is 0 Å². The molecule has 0 radical (unpaired) electrons. The lowest BCUT2D eigenvalue weighted by Crippen LogP contribution is -1.95. The third-order valence-corrected chi connectivity index (χ3v) is 6.13. The summed E-state index contributed by atoms with van der Waals surface area (Å²) < 4.78 is 7.36. The van der Waals surface area contributed by atoms with E-state index in [0.29, 0.717) is 0 Å². The zero-order valence-corrected chi connectivity index (χ0v) is 16.4. The number of furan rings is 1. The maximum Gasteiger partial charge on any atom is 0.191 e. The average Bonchev–Trinajstić information content (AvgIpc) is 3.35. The molecule has 0 aliphatic heterocycles.